The van der Waals surface area contributed by atoms with Gasteiger partial charge < -0.3 is 33.8 Å². The van der Waals surface area contributed by atoms with E-state index in [0.29, 0.717) is 25.7 Å². The van der Waals surface area contributed by atoms with Crippen LogP contribution >= 0.6 is 15.6 Å². The van der Waals surface area contributed by atoms with Crippen LogP contribution in [0.3, 0.4) is 0 Å². The molecule has 0 aliphatic heterocycles. The van der Waals surface area contributed by atoms with Crippen molar-refractivity contribution < 1.29 is 80.2 Å². The van der Waals surface area contributed by atoms with Gasteiger partial charge in [-0.05, 0) is 37.5 Å². The molecule has 0 fully saturated rings. The monoisotopic (exact) mass is 1550 g/mol. The summed E-state index contributed by atoms with van der Waals surface area (Å²) in [4.78, 5) is 73.3. The highest BCUT2D eigenvalue weighted by molar-refractivity contribution is 7.47. The van der Waals surface area contributed by atoms with Gasteiger partial charge in [0.1, 0.15) is 19.3 Å². The second kappa shape index (κ2) is 78.3. The molecule has 0 aromatic rings. The number of ether oxygens (including phenoxy) is 4. The Labute approximate surface area is 651 Å². The van der Waals surface area contributed by atoms with Crippen LogP contribution in [0.1, 0.15) is 465 Å². The van der Waals surface area contributed by atoms with Gasteiger partial charge in [0.25, 0.3) is 0 Å². The summed E-state index contributed by atoms with van der Waals surface area (Å²) in [6, 6.07) is 0. The minimum Gasteiger partial charge on any atom is -0.462 e. The summed E-state index contributed by atoms with van der Waals surface area (Å²) >= 11 is 0. The molecule has 3 N–H and O–H groups in total. The Hall–Kier alpha value is -1.94. The first kappa shape index (κ1) is 104. The van der Waals surface area contributed by atoms with Gasteiger partial charge in [0, 0.05) is 25.7 Å². The summed E-state index contributed by atoms with van der Waals surface area (Å²) < 4.78 is 69.0. The van der Waals surface area contributed by atoms with E-state index in [1.165, 1.54) is 283 Å². The van der Waals surface area contributed by atoms with E-state index < -0.39 is 97.5 Å². The minimum absolute atomic E-state index is 0.107. The van der Waals surface area contributed by atoms with Gasteiger partial charge in [0.05, 0.1) is 26.4 Å². The highest BCUT2D eigenvalue weighted by atomic mass is 31.2. The van der Waals surface area contributed by atoms with Crippen molar-refractivity contribution in [3.8, 4) is 0 Å². The van der Waals surface area contributed by atoms with Gasteiger partial charge in [-0.1, -0.05) is 414 Å². The number of carbonyl (C=O) groups is 4. The van der Waals surface area contributed by atoms with Gasteiger partial charge in [-0.15, -0.1) is 0 Å². The molecule has 0 heterocycles. The molecular weight excluding hydrogens is 1380 g/mol. The van der Waals surface area contributed by atoms with Gasteiger partial charge in [-0.3, -0.25) is 37.3 Å². The third kappa shape index (κ3) is 78.7. The lowest BCUT2D eigenvalue weighted by atomic mass is 9.99. The summed E-state index contributed by atoms with van der Waals surface area (Å²) in [5.74, 6) is -0.476. The number of carbonyl (C=O) groups excluding carboxylic acids is 4. The van der Waals surface area contributed by atoms with Gasteiger partial charge in [-0.25, -0.2) is 9.13 Å². The molecule has 0 bridgehead atoms. The van der Waals surface area contributed by atoms with Crippen molar-refractivity contribution in [2.24, 2.45) is 11.8 Å². The quantitative estimate of drug-likeness (QED) is 0.0222. The van der Waals surface area contributed by atoms with Crippen LogP contribution in [0.25, 0.3) is 0 Å². The zero-order valence-corrected chi connectivity index (χ0v) is 71.5. The molecule has 19 heteroatoms. The van der Waals surface area contributed by atoms with E-state index in [-0.39, 0.29) is 25.7 Å². The zero-order valence-electron chi connectivity index (χ0n) is 69.7. The number of phosphoric ester groups is 2. The van der Waals surface area contributed by atoms with E-state index in [1.54, 1.807) is 0 Å². The van der Waals surface area contributed by atoms with E-state index in [0.717, 1.165) is 102 Å². The average Bonchev–Trinajstić information content (AvgIpc) is 0.901. The summed E-state index contributed by atoms with van der Waals surface area (Å²) in [7, 11) is -9.93. The highest BCUT2D eigenvalue weighted by Gasteiger charge is 2.30. The van der Waals surface area contributed by atoms with Crippen molar-refractivity contribution >= 4 is 39.5 Å². The van der Waals surface area contributed by atoms with E-state index in [9.17, 15) is 43.2 Å². The molecule has 0 aromatic carbocycles. The summed E-state index contributed by atoms with van der Waals surface area (Å²) in [5.41, 5.74) is 0. The maximum atomic E-state index is 13.2. The molecular formula is C87H170O17P2. The molecule has 0 aromatic heterocycles. The summed E-state index contributed by atoms with van der Waals surface area (Å²) in [6.45, 7) is 9.74. The molecule has 0 rings (SSSR count). The second-order valence-corrected chi connectivity index (χ2v) is 34.9. The van der Waals surface area contributed by atoms with Crippen LogP contribution in [-0.4, -0.2) is 96.7 Å². The SMILES string of the molecule is CCCCCCCCCCCCCCCCCCCCC(=O)OC[C@H](COP(=O)(O)OC[C@@H](O)COP(=O)(O)OC[C@@H](COC(=O)CCCCCCCCCCCCCCC)OC(=O)CCCCCCCCCCCCC(C)CC)OC(=O)CCCCCCCCCCCCCCCCCCCCC(C)C. The Morgan fingerprint density at radius 1 is 0.274 bits per heavy atom. The maximum absolute atomic E-state index is 13.2. The number of esters is 4. The minimum atomic E-state index is -4.97. The lowest BCUT2D eigenvalue weighted by molar-refractivity contribution is -0.161. The first-order valence-electron chi connectivity index (χ1n) is 45.0. The summed E-state index contributed by atoms with van der Waals surface area (Å²) in [5, 5.41) is 10.7. The van der Waals surface area contributed by atoms with Crippen LogP contribution in [0.4, 0.5) is 0 Å². The predicted molar refractivity (Wildman–Crippen MR) is 437 cm³/mol. The topological polar surface area (TPSA) is 237 Å². The van der Waals surface area contributed by atoms with Crippen molar-refractivity contribution in [1.82, 2.24) is 0 Å². The molecule has 6 atom stereocenters. The molecule has 0 radical (unpaired) electrons. The molecule has 106 heavy (non-hydrogen) atoms. The number of hydrogen-bond donors (Lipinski definition) is 3. The Bertz CT molecular complexity index is 2030. The van der Waals surface area contributed by atoms with Gasteiger partial charge in [0.2, 0.25) is 0 Å². The smallest absolute Gasteiger partial charge is 0.462 e. The van der Waals surface area contributed by atoms with Crippen molar-refractivity contribution in [3.63, 3.8) is 0 Å². The standard InChI is InChI=1S/C87H170O17P2/c1-7-10-12-14-16-18-20-22-23-24-28-31-35-39-46-52-58-64-70-85(90)98-75-82(103-86(91)71-65-59-53-47-40-36-32-29-26-25-27-30-34-37-43-49-55-61-67-79(4)5)77-101-105(93,94)99-73-81(88)74-100-106(95,96)102-78-83(76-97-84(89)69-63-57-51-45-38-33-21-19-17-15-13-11-8-2)104-87(92)72-66-60-54-48-42-41-44-50-56-62-68-80(6)9-3/h79-83,88H,7-78H2,1-6H3,(H,93,94)(H,95,96)/t80?,81-,82-,83-/m1/s1. The Morgan fingerprint density at radius 3 is 0.717 bits per heavy atom. The number of rotatable bonds is 86. The summed E-state index contributed by atoms with van der Waals surface area (Å²) in [6.07, 6.45) is 70.7. The lowest BCUT2D eigenvalue weighted by Gasteiger charge is -2.21. The van der Waals surface area contributed by atoms with Crippen molar-refractivity contribution in [3.05, 3.63) is 0 Å². The molecule has 17 nitrogen and oxygen atoms in total. The fourth-order valence-electron chi connectivity index (χ4n) is 13.6. The number of hydrogen-bond acceptors (Lipinski definition) is 15. The van der Waals surface area contributed by atoms with Crippen LogP contribution in [-0.2, 0) is 65.4 Å². The number of aliphatic hydroxyl groups excluding tert-OH is 1. The molecule has 0 saturated heterocycles. The molecule has 3 unspecified atom stereocenters. The highest BCUT2D eigenvalue weighted by Crippen LogP contribution is 2.45. The largest absolute Gasteiger partial charge is 0.472 e. The first-order chi connectivity index (χ1) is 51.4. The molecule has 0 aliphatic rings. The van der Waals surface area contributed by atoms with Crippen molar-refractivity contribution in [2.75, 3.05) is 39.6 Å². The fourth-order valence-corrected chi connectivity index (χ4v) is 15.1. The number of aliphatic hydroxyl groups is 1. The zero-order chi connectivity index (χ0) is 77.8. The number of phosphoric acid groups is 2. The second-order valence-electron chi connectivity index (χ2n) is 32.0. The maximum Gasteiger partial charge on any atom is 0.472 e. The third-order valence-electron chi connectivity index (χ3n) is 20.8. The Morgan fingerprint density at radius 2 is 0.481 bits per heavy atom. The van der Waals surface area contributed by atoms with Crippen LogP contribution in [0, 0.1) is 11.8 Å². The first-order valence-corrected chi connectivity index (χ1v) is 48.0. The molecule has 0 amide bonds. The van der Waals surface area contributed by atoms with E-state index in [2.05, 4.69) is 41.5 Å². The Kier molecular flexibility index (Phi) is 76.9. The van der Waals surface area contributed by atoms with Crippen LogP contribution in [0.5, 0.6) is 0 Å². The van der Waals surface area contributed by atoms with Crippen molar-refractivity contribution in [2.45, 2.75) is 484 Å². The third-order valence-corrected chi connectivity index (χ3v) is 22.7. The number of unbranched alkanes of at least 4 members (excludes halogenated alkanes) is 55. The molecule has 0 aliphatic carbocycles. The van der Waals surface area contributed by atoms with Crippen LogP contribution < -0.4 is 0 Å². The molecule has 0 saturated carbocycles. The van der Waals surface area contributed by atoms with Gasteiger partial charge in [0.15, 0.2) is 12.2 Å². The van der Waals surface area contributed by atoms with Gasteiger partial charge in [-0.2, -0.15) is 0 Å². The fraction of sp³-hybridized carbons (Fsp3) is 0.954. The van der Waals surface area contributed by atoms with Crippen LogP contribution in [0.15, 0.2) is 0 Å². The van der Waals surface area contributed by atoms with Gasteiger partial charge >= 0.3 is 39.5 Å². The lowest BCUT2D eigenvalue weighted by Crippen LogP contribution is -2.30. The predicted octanol–water partition coefficient (Wildman–Crippen LogP) is 26.6. The van der Waals surface area contributed by atoms with E-state index in [4.69, 9.17) is 37.0 Å². The van der Waals surface area contributed by atoms with Crippen LogP contribution in [0.2, 0.25) is 0 Å². The average molecular weight is 1550 g/mol. The van der Waals surface area contributed by atoms with Crippen molar-refractivity contribution in [1.29, 1.82) is 0 Å². The van der Waals surface area contributed by atoms with E-state index in [1.807, 2.05) is 0 Å². The normalized spacial score (nSPS) is 14.1. The molecule has 0 spiro atoms. The molecule has 630 valence electrons. The van der Waals surface area contributed by atoms with E-state index >= 15 is 0 Å². The Balaban J connectivity index is 5.25.